The predicted molar refractivity (Wildman–Crippen MR) is 128 cm³/mol. The third-order valence-electron chi connectivity index (χ3n) is 9.13. The van der Waals surface area contributed by atoms with Crippen LogP contribution in [0.2, 0.25) is 0 Å². The highest BCUT2D eigenvalue weighted by Crippen LogP contribution is 2.66. The van der Waals surface area contributed by atoms with Gasteiger partial charge >= 0.3 is 0 Å². The summed E-state index contributed by atoms with van der Waals surface area (Å²) in [5, 5.41) is 0. The molecule has 0 bridgehead atoms. The second-order valence-corrected chi connectivity index (χ2v) is 14.0. The first-order valence-corrected chi connectivity index (χ1v) is 15.5. The minimum atomic E-state index is 0.0336. The van der Waals surface area contributed by atoms with Crippen molar-refractivity contribution in [3.63, 3.8) is 0 Å². The highest BCUT2D eigenvalue weighted by Gasteiger charge is 2.55. The summed E-state index contributed by atoms with van der Waals surface area (Å²) in [6.07, 6.45) is 30.6. The Morgan fingerprint density at radius 2 is 0.700 bits per heavy atom. The van der Waals surface area contributed by atoms with E-state index in [9.17, 15) is 0 Å². The van der Waals surface area contributed by atoms with E-state index in [1.165, 1.54) is 128 Å². The quantitative estimate of drug-likeness (QED) is 0.360. The molecule has 5 rings (SSSR count). The minimum absolute atomic E-state index is 0.0336. The first-order valence-electron chi connectivity index (χ1n) is 14.0. The third-order valence-corrected chi connectivity index (χ3v) is 13.2. The summed E-state index contributed by atoms with van der Waals surface area (Å²) in [6, 6.07) is 0. The van der Waals surface area contributed by atoms with Crippen molar-refractivity contribution in [1.29, 1.82) is 0 Å². The Hall–Kier alpha value is 0.350. The van der Waals surface area contributed by atoms with Gasteiger partial charge in [0.15, 0.2) is 0 Å². The minimum Gasteiger partial charge on any atom is -0.374 e. The lowest BCUT2D eigenvalue weighted by molar-refractivity contribution is -0.0976. The molecule has 0 aromatic carbocycles. The summed E-state index contributed by atoms with van der Waals surface area (Å²) < 4.78 is 14.2. The standard InChI is InChI=1S/C27H47O2P/c1-3-9-15-21-25(19-13-5-1)30-26-20-14-6-2-4-10-16-22(26)29-24-18-12-8-7-11-17-23(28-21)27(24)30/h21-27H,1-20H2/t21?,22?,23-,24?,25?,26?,27?,30?/m0/s1. The molecule has 5 aliphatic rings. The Kier molecular flexibility index (Phi) is 8.11. The van der Waals surface area contributed by atoms with Gasteiger partial charge in [0.2, 0.25) is 0 Å². The molecular weight excluding hydrogens is 387 g/mol. The Morgan fingerprint density at radius 1 is 0.367 bits per heavy atom. The largest absolute Gasteiger partial charge is 0.374 e. The molecular formula is C27H47O2P. The van der Waals surface area contributed by atoms with Gasteiger partial charge in [0.05, 0.1) is 24.4 Å². The maximum atomic E-state index is 7.11. The fourth-order valence-corrected chi connectivity index (χ4v) is 12.4. The van der Waals surface area contributed by atoms with Crippen LogP contribution in [0.1, 0.15) is 128 Å². The number of ether oxygens (including phenoxy) is 2. The highest BCUT2D eigenvalue weighted by atomic mass is 31.1. The average Bonchev–Trinajstić information content (AvgIpc) is 3.00. The van der Waals surface area contributed by atoms with Crippen LogP contribution in [0.4, 0.5) is 0 Å². The van der Waals surface area contributed by atoms with Gasteiger partial charge in [-0.05, 0) is 38.5 Å². The van der Waals surface area contributed by atoms with Gasteiger partial charge < -0.3 is 9.47 Å². The molecule has 30 heavy (non-hydrogen) atoms. The zero-order valence-electron chi connectivity index (χ0n) is 19.4. The zero-order valence-corrected chi connectivity index (χ0v) is 20.3. The van der Waals surface area contributed by atoms with Gasteiger partial charge in [-0.3, -0.25) is 0 Å². The fraction of sp³-hybridized carbons (Fsp3) is 1.00. The van der Waals surface area contributed by atoms with Crippen LogP contribution in [-0.2, 0) is 9.47 Å². The lowest BCUT2D eigenvalue weighted by Gasteiger charge is -2.58. The molecule has 0 amide bonds. The van der Waals surface area contributed by atoms with E-state index in [1.807, 2.05) is 0 Å². The van der Waals surface area contributed by atoms with Crippen molar-refractivity contribution >= 4 is 7.92 Å². The smallest absolute Gasteiger partial charge is 0.0671 e. The van der Waals surface area contributed by atoms with E-state index in [4.69, 9.17) is 9.47 Å². The third kappa shape index (κ3) is 4.97. The van der Waals surface area contributed by atoms with Crippen LogP contribution in [0, 0.1) is 0 Å². The molecule has 0 N–H and O–H groups in total. The molecule has 2 aliphatic heterocycles. The first-order chi connectivity index (χ1) is 14.9. The van der Waals surface area contributed by atoms with Gasteiger partial charge in [-0.15, -0.1) is 0 Å². The fourth-order valence-electron chi connectivity index (χ4n) is 7.66. The second kappa shape index (κ2) is 11.0. The monoisotopic (exact) mass is 434 g/mol. The SMILES string of the molecule is C1CCCC2OC3CCCCCC[C@@H]4OC5CCCCCCCC5P(C2CCC1)C34. The van der Waals surface area contributed by atoms with E-state index in [1.54, 1.807) is 0 Å². The van der Waals surface area contributed by atoms with Gasteiger partial charge in [0, 0.05) is 17.0 Å². The summed E-state index contributed by atoms with van der Waals surface area (Å²) in [5.74, 6) is 0. The van der Waals surface area contributed by atoms with Crippen molar-refractivity contribution in [2.75, 3.05) is 0 Å². The number of rotatable bonds is 0. The van der Waals surface area contributed by atoms with Crippen molar-refractivity contribution in [2.24, 2.45) is 0 Å². The normalized spacial score (nSPS) is 46.4. The first kappa shape index (κ1) is 22.2. The Balaban J connectivity index is 1.48. The molecule has 3 heteroatoms. The molecule has 0 radical (unpaired) electrons. The summed E-state index contributed by atoms with van der Waals surface area (Å²) >= 11 is 0. The van der Waals surface area contributed by atoms with Crippen LogP contribution in [0.15, 0.2) is 0 Å². The molecule has 2 heterocycles. The van der Waals surface area contributed by atoms with Crippen molar-refractivity contribution in [3.05, 3.63) is 0 Å². The van der Waals surface area contributed by atoms with Crippen LogP contribution in [-0.4, -0.2) is 41.4 Å². The molecule has 5 fully saturated rings. The van der Waals surface area contributed by atoms with Crippen molar-refractivity contribution < 1.29 is 9.47 Å². The van der Waals surface area contributed by atoms with Crippen LogP contribution in [0.25, 0.3) is 0 Å². The number of hydrogen-bond donors (Lipinski definition) is 0. The Bertz CT molecular complexity index is 481. The van der Waals surface area contributed by atoms with Crippen molar-refractivity contribution in [3.8, 4) is 0 Å². The van der Waals surface area contributed by atoms with E-state index in [0.29, 0.717) is 24.4 Å². The van der Waals surface area contributed by atoms with E-state index in [-0.39, 0.29) is 7.92 Å². The van der Waals surface area contributed by atoms with Gasteiger partial charge in [-0.2, -0.15) is 0 Å². The molecule has 172 valence electrons. The van der Waals surface area contributed by atoms with Crippen LogP contribution >= 0.6 is 7.92 Å². The molecule has 3 saturated carbocycles. The summed E-state index contributed by atoms with van der Waals surface area (Å²) in [7, 11) is 0.0336. The highest BCUT2D eigenvalue weighted by molar-refractivity contribution is 7.60. The maximum Gasteiger partial charge on any atom is 0.0671 e. The van der Waals surface area contributed by atoms with Crippen molar-refractivity contribution in [1.82, 2.24) is 0 Å². The molecule has 2 saturated heterocycles. The predicted octanol–water partition coefficient (Wildman–Crippen LogP) is 7.95. The van der Waals surface area contributed by atoms with Gasteiger partial charge in [-0.1, -0.05) is 97.8 Å². The Labute approximate surface area is 187 Å². The molecule has 0 aromatic rings. The second-order valence-electron chi connectivity index (χ2n) is 11.2. The Morgan fingerprint density at radius 3 is 1.13 bits per heavy atom. The van der Waals surface area contributed by atoms with E-state index >= 15 is 0 Å². The molecule has 2 nitrogen and oxygen atoms in total. The summed E-state index contributed by atoms with van der Waals surface area (Å²) in [6.45, 7) is 0. The summed E-state index contributed by atoms with van der Waals surface area (Å²) in [5.41, 5.74) is 2.54. The number of fused-ring (bicyclic) bond motifs is 4. The van der Waals surface area contributed by atoms with Gasteiger partial charge in [0.25, 0.3) is 0 Å². The zero-order chi connectivity index (χ0) is 20.2. The molecule has 7 unspecified atom stereocenters. The van der Waals surface area contributed by atoms with Crippen LogP contribution < -0.4 is 0 Å². The van der Waals surface area contributed by atoms with Gasteiger partial charge in [0.1, 0.15) is 0 Å². The average molecular weight is 435 g/mol. The van der Waals surface area contributed by atoms with Crippen molar-refractivity contribution in [2.45, 2.75) is 170 Å². The molecule has 8 atom stereocenters. The van der Waals surface area contributed by atoms with E-state index < -0.39 is 0 Å². The molecule has 0 spiro atoms. The lowest BCUT2D eigenvalue weighted by atomic mass is 9.99. The molecule has 3 aliphatic carbocycles. The van der Waals surface area contributed by atoms with E-state index in [0.717, 1.165) is 17.0 Å². The maximum absolute atomic E-state index is 7.11. The topological polar surface area (TPSA) is 18.5 Å². The summed E-state index contributed by atoms with van der Waals surface area (Å²) in [4.78, 5) is 0. The van der Waals surface area contributed by atoms with Gasteiger partial charge in [-0.25, -0.2) is 0 Å². The molecule has 0 aromatic heterocycles. The van der Waals surface area contributed by atoms with Crippen LogP contribution in [0.3, 0.4) is 0 Å². The number of hydrogen-bond acceptors (Lipinski definition) is 2. The van der Waals surface area contributed by atoms with E-state index in [2.05, 4.69) is 0 Å². The lowest BCUT2D eigenvalue weighted by Crippen LogP contribution is -2.57. The van der Waals surface area contributed by atoms with Crippen LogP contribution in [0.5, 0.6) is 0 Å².